The second-order valence-corrected chi connectivity index (χ2v) is 13.2. The standard InChI is InChI=1S/C37H47NO8/c1-7-17-44-36(43)30(24(2)3)22-31(39)34(28-18-26-15-11-12-16-27(26)19-28)38-35(42)29(21-33(41)46-37(4,5)6)20-32(40)45-23-25-13-9-8-10-14-25/h7-16,24,28-30,34H,1,17-23H2,2-6H3,(H,38,42)/t29-,30+,34-/m0/s1. The summed E-state index contributed by atoms with van der Waals surface area (Å²) in [5.41, 5.74) is 2.15. The van der Waals surface area contributed by atoms with E-state index in [1.54, 1.807) is 20.8 Å². The summed E-state index contributed by atoms with van der Waals surface area (Å²) in [7, 11) is 0. The Balaban J connectivity index is 1.84. The topological polar surface area (TPSA) is 125 Å². The van der Waals surface area contributed by atoms with Gasteiger partial charge in [-0.2, -0.15) is 0 Å². The Labute approximate surface area is 272 Å². The fourth-order valence-electron chi connectivity index (χ4n) is 5.58. The van der Waals surface area contributed by atoms with Gasteiger partial charge in [-0.05, 0) is 62.1 Å². The first-order chi connectivity index (χ1) is 21.8. The predicted octanol–water partition coefficient (Wildman–Crippen LogP) is 5.33. The van der Waals surface area contributed by atoms with E-state index in [-0.39, 0.29) is 50.1 Å². The van der Waals surface area contributed by atoms with Gasteiger partial charge in [0.25, 0.3) is 0 Å². The van der Waals surface area contributed by atoms with Crippen LogP contribution in [0.4, 0.5) is 0 Å². The minimum atomic E-state index is -1.14. The molecule has 248 valence electrons. The van der Waals surface area contributed by atoms with Crippen molar-refractivity contribution in [3.05, 3.63) is 83.9 Å². The van der Waals surface area contributed by atoms with E-state index in [0.717, 1.165) is 16.7 Å². The molecule has 0 aromatic heterocycles. The van der Waals surface area contributed by atoms with Crippen LogP contribution >= 0.6 is 0 Å². The molecule has 0 bridgehead atoms. The van der Waals surface area contributed by atoms with Crippen LogP contribution in [0.25, 0.3) is 0 Å². The first-order valence-corrected chi connectivity index (χ1v) is 15.9. The summed E-state index contributed by atoms with van der Waals surface area (Å²) in [6, 6.07) is 16.0. The van der Waals surface area contributed by atoms with E-state index in [0.29, 0.717) is 12.8 Å². The minimum absolute atomic E-state index is 0.0143. The third-order valence-electron chi connectivity index (χ3n) is 7.93. The second kappa shape index (κ2) is 16.9. The van der Waals surface area contributed by atoms with Crippen molar-refractivity contribution in [1.82, 2.24) is 5.32 Å². The van der Waals surface area contributed by atoms with Gasteiger partial charge in [-0.15, -0.1) is 0 Å². The number of hydrogen-bond acceptors (Lipinski definition) is 8. The van der Waals surface area contributed by atoms with Crippen LogP contribution in [-0.4, -0.2) is 47.8 Å². The highest BCUT2D eigenvalue weighted by Gasteiger charge is 2.39. The van der Waals surface area contributed by atoms with Gasteiger partial charge in [-0.25, -0.2) is 0 Å². The van der Waals surface area contributed by atoms with E-state index in [1.807, 2.05) is 68.4 Å². The number of benzene rings is 2. The predicted molar refractivity (Wildman–Crippen MR) is 173 cm³/mol. The Morgan fingerprint density at radius 3 is 2.02 bits per heavy atom. The average molecular weight is 634 g/mol. The van der Waals surface area contributed by atoms with Crippen LogP contribution in [-0.2, 0) is 57.6 Å². The van der Waals surface area contributed by atoms with E-state index < -0.39 is 47.3 Å². The van der Waals surface area contributed by atoms with Gasteiger partial charge in [0.1, 0.15) is 18.8 Å². The van der Waals surface area contributed by atoms with Gasteiger partial charge in [0, 0.05) is 6.42 Å². The van der Waals surface area contributed by atoms with Gasteiger partial charge in [0.15, 0.2) is 5.78 Å². The summed E-state index contributed by atoms with van der Waals surface area (Å²) in [6.45, 7) is 12.4. The Kier molecular flexibility index (Phi) is 13.3. The van der Waals surface area contributed by atoms with Crippen molar-refractivity contribution in [1.29, 1.82) is 0 Å². The molecule has 1 aliphatic rings. The molecule has 3 atom stereocenters. The van der Waals surface area contributed by atoms with Gasteiger partial charge in [0.2, 0.25) is 5.91 Å². The summed E-state index contributed by atoms with van der Waals surface area (Å²) in [6.07, 6.45) is 1.67. The molecule has 3 rings (SSSR count). The second-order valence-electron chi connectivity index (χ2n) is 13.2. The molecule has 9 heteroatoms. The van der Waals surface area contributed by atoms with E-state index in [2.05, 4.69) is 11.9 Å². The van der Waals surface area contributed by atoms with Crippen LogP contribution < -0.4 is 5.32 Å². The van der Waals surface area contributed by atoms with E-state index in [1.165, 1.54) is 6.08 Å². The van der Waals surface area contributed by atoms with Crippen LogP contribution in [0.5, 0.6) is 0 Å². The lowest BCUT2D eigenvalue weighted by molar-refractivity contribution is -0.159. The Hall–Kier alpha value is -4.27. The Morgan fingerprint density at radius 2 is 1.46 bits per heavy atom. The van der Waals surface area contributed by atoms with Crippen molar-refractivity contribution in [2.45, 2.75) is 85.0 Å². The molecule has 46 heavy (non-hydrogen) atoms. The zero-order chi connectivity index (χ0) is 33.9. The molecule has 1 aliphatic carbocycles. The van der Waals surface area contributed by atoms with Crippen molar-refractivity contribution in [3.8, 4) is 0 Å². The number of carbonyl (C=O) groups is 5. The van der Waals surface area contributed by atoms with E-state index in [9.17, 15) is 24.0 Å². The maximum atomic E-state index is 14.0. The first kappa shape index (κ1) is 36.2. The summed E-state index contributed by atoms with van der Waals surface area (Å²) < 4.78 is 16.2. The van der Waals surface area contributed by atoms with Crippen molar-refractivity contribution >= 4 is 29.6 Å². The monoisotopic (exact) mass is 633 g/mol. The number of fused-ring (bicyclic) bond motifs is 1. The number of hydrogen-bond donors (Lipinski definition) is 1. The van der Waals surface area contributed by atoms with Crippen LogP contribution in [0.15, 0.2) is 67.3 Å². The number of esters is 3. The molecule has 2 aromatic carbocycles. The summed E-state index contributed by atoms with van der Waals surface area (Å²) in [4.78, 5) is 66.5. The molecule has 0 radical (unpaired) electrons. The van der Waals surface area contributed by atoms with Crippen LogP contribution in [0, 0.1) is 23.7 Å². The molecule has 1 N–H and O–H groups in total. The molecule has 0 spiro atoms. The number of ether oxygens (including phenoxy) is 3. The highest BCUT2D eigenvalue weighted by atomic mass is 16.6. The fourth-order valence-corrected chi connectivity index (χ4v) is 5.58. The maximum absolute atomic E-state index is 14.0. The molecule has 0 fully saturated rings. The van der Waals surface area contributed by atoms with Crippen molar-refractivity contribution in [2.75, 3.05) is 6.61 Å². The zero-order valence-electron chi connectivity index (χ0n) is 27.6. The molecule has 0 heterocycles. The molecule has 0 unspecified atom stereocenters. The Morgan fingerprint density at radius 1 is 0.870 bits per heavy atom. The first-order valence-electron chi connectivity index (χ1n) is 15.9. The highest BCUT2D eigenvalue weighted by Crippen LogP contribution is 2.31. The Bertz CT molecular complexity index is 1350. The lowest BCUT2D eigenvalue weighted by Crippen LogP contribution is -2.50. The van der Waals surface area contributed by atoms with Crippen molar-refractivity contribution in [2.24, 2.45) is 23.7 Å². The zero-order valence-corrected chi connectivity index (χ0v) is 27.6. The number of nitrogens with one attached hydrogen (secondary N) is 1. The van der Waals surface area contributed by atoms with Crippen LogP contribution in [0.3, 0.4) is 0 Å². The van der Waals surface area contributed by atoms with E-state index in [4.69, 9.17) is 14.2 Å². The maximum Gasteiger partial charge on any atom is 0.309 e. The van der Waals surface area contributed by atoms with Gasteiger partial charge >= 0.3 is 17.9 Å². The van der Waals surface area contributed by atoms with Gasteiger partial charge in [0.05, 0.1) is 30.7 Å². The molecule has 0 aliphatic heterocycles. The fraction of sp³-hybridized carbons (Fsp3) is 0.486. The molecule has 0 saturated carbocycles. The lowest BCUT2D eigenvalue weighted by Gasteiger charge is -2.28. The molecular formula is C37H47NO8. The number of carbonyl (C=O) groups excluding carboxylic acids is 5. The lowest BCUT2D eigenvalue weighted by atomic mass is 9.84. The molecule has 0 saturated heterocycles. The molecule has 9 nitrogen and oxygen atoms in total. The van der Waals surface area contributed by atoms with Crippen molar-refractivity contribution in [3.63, 3.8) is 0 Å². The normalized spacial score (nSPS) is 14.8. The summed E-state index contributed by atoms with van der Waals surface area (Å²) in [5, 5.41) is 2.90. The minimum Gasteiger partial charge on any atom is -0.461 e. The number of ketones is 1. The van der Waals surface area contributed by atoms with Crippen LogP contribution in [0.1, 0.15) is 70.6 Å². The summed E-state index contributed by atoms with van der Waals surface area (Å²) >= 11 is 0. The molecular weight excluding hydrogens is 586 g/mol. The SMILES string of the molecule is C=CCOC(=O)[C@H](CC(=O)[C@@H](NC(=O)[C@@H](CC(=O)OCc1ccccc1)CC(=O)OC(C)(C)C)C1Cc2ccccc2C1)C(C)C. The van der Waals surface area contributed by atoms with Crippen LogP contribution in [0.2, 0.25) is 0 Å². The molecule has 1 amide bonds. The summed E-state index contributed by atoms with van der Waals surface area (Å²) in [5.74, 6) is -5.10. The number of amides is 1. The van der Waals surface area contributed by atoms with Gasteiger partial charge in [-0.3, -0.25) is 24.0 Å². The third-order valence-corrected chi connectivity index (χ3v) is 7.93. The smallest absolute Gasteiger partial charge is 0.309 e. The van der Waals surface area contributed by atoms with Crippen molar-refractivity contribution < 1.29 is 38.2 Å². The number of Topliss-reactive ketones (excluding diaryl/α,β-unsaturated/α-hetero) is 1. The quantitative estimate of drug-likeness (QED) is 0.150. The molecule has 2 aromatic rings. The third kappa shape index (κ3) is 11.3. The average Bonchev–Trinajstić information content (AvgIpc) is 3.43. The highest BCUT2D eigenvalue weighted by molar-refractivity contribution is 5.94. The van der Waals surface area contributed by atoms with Gasteiger partial charge in [-0.1, -0.05) is 81.1 Å². The number of rotatable bonds is 16. The van der Waals surface area contributed by atoms with Gasteiger partial charge < -0.3 is 19.5 Å². The largest absolute Gasteiger partial charge is 0.461 e. The van der Waals surface area contributed by atoms with E-state index >= 15 is 0 Å².